The van der Waals surface area contributed by atoms with Crippen molar-refractivity contribution < 1.29 is 14.1 Å². The van der Waals surface area contributed by atoms with Gasteiger partial charge < -0.3 is 14.2 Å². The summed E-state index contributed by atoms with van der Waals surface area (Å²) in [6.07, 6.45) is 1.72. The number of hydrogen-bond acceptors (Lipinski definition) is 6. The zero-order valence-electron chi connectivity index (χ0n) is 13.2. The Balaban J connectivity index is 1.73. The number of ether oxygens (including phenoxy) is 1. The minimum Gasteiger partial charge on any atom is -0.377 e. The van der Waals surface area contributed by atoms with Crippen molar-refractivity contribution in [2.24, 2.45) is 0 Å². The van der Waals surface area contributed by atoms with Gasteiger partial charge in [0.1, 0.15) is 6.04 Å². The van der Waals surface area contributed by atoms with Gasteiger partial charge in [0.15, 0.2) is 5.82 Å². The molecule has 1 unspecified atom stereocenters. The van der Waals surface area contributed by atoms with Crippen LogP contribution in [0.3, 0.4) is 0 Å². The Morgan fingerprint density at radius 1 is 1.29 bits per heavy atom. The van der Waals surface area contributed by atoms with Gasteiger partial charge in [-0.2, -0.15) is 4.98 Å². The van der Waals surface area contributed by atoms with E-state index in [9.17, 15) is 4.79 Å². The Hall–Kier alpha value is -2.80. The summed E-state index contributed by atoms with van der Waals surface area (Å²) in [6.45, 7) is 3.05. The van der Waals surface area contributed by atoms with Crippen LogP contribution in [0.15, 0.2) is 41.1 Å². The molecule has 24 heavy (non-hydrogen) atoms. The quantitative estimate of drug-likeness (QED) is 0.718. The van der Waals surface area contributed by atoms with Gasteiger partial charge in [0.25, 0.3) is 11.8 Å². The van der Waals surface area contributed by atoms with Crippen LogP contribution in [0.2, 0.25) is 0 Å². The zero-order valence-corrected chi connectivity index (χ0v) is 13.2. The third-order valence-electron chi connectivity index (χ3n) is 4.09. The molecule has 0 spiro atoms. The van der Waals surface area contributed by atoms with Crippen LogP contribution in [-0.2, 0) is 4.74 Å². The molecule has 1 aliphatic heterocycles. The normalized spacial score (nSPS) is 18.0. The minimum absolute atomic E-state index is 0.0854. The lowest BCUT2D eigenvalue weighted by Gasteiger charge is -2.33. The van der Waals surface area contributed by atoms with Crippen LogP contribution in [0, 0.1) is 6.92 Å². The van der Waals surface area contributed by atoms with Crippen LogP contribution in [0.25, 0.3) is 10.9 Å². The topological polar surface area (TPSA) is 81.4 Å². The molecule has 122 valence electrons. The lowest BCUT2D eigenvalue weighted by molar-refractivity contribution is -0.0118. The molecule has 3 aromatic rings. The predicted octanol–water partition coefficient (Wildman–Crippen LogP) is 2.14. The number of carbonyl (C=O) groups is 1. The zero-order chi connectivity index (χ0) is 16.5. The van der Waals surface area contributed by atoms with E-state index in [2.05, 4.69) is 15.1 Å². The largest absolute Gasteiger partial charge is 0.377 e. The molecule has 0 saturated carbocycles. The van der Waals surface area contributed by atoms with Gasteiger partial charge in [0, 0.05) is 23.7 Å². The number of aryl methyl sites for hydroxylation is 1. The molecule has 0 aliphatic carbocycles. The molecule has 1 atom stereocenters. The van der Waals surface area contributed by atoms with Gasteiger partial charge in [-0.1, -0.05) is 17.3 Å². The molecule has 1 aliphatic rings. The van der Waals surface area contributed by atoms with Crippen LogP contribution in [0.5, 0.6) is 0 Å². The van der Waals surface area contributed by atoms with Crippen LogP contribution < -0.4 is 0 Å². The summed E-state index contributed by atoms with van der Waals surface area (Å²) in [5.41, 5.74) is 1.41. The Morgan fingerprint density at radius 3 is 3.04 bits per heavy atom. The molecule has 2 aromatic heterocycles. The Kier molecular flexibility index (Phi) is 3.70. The molecule has 4 rings (SSSR count). The fourth-order valence-corrected chi connectivity index (χ4v) is 2.94. The average molecular weight is 324 g/mol. The number of carbonyl (C=O) groups excluding carboxylic acids is 1. The van der Waals surface area contributed by atoms with E-state index in [4.69, 9.17) is 9.26 Å². The first kappa shape index (κ1) is 14.8. The maximum Gasteiger partial charge on any atom is 0.255 e. The van der Waals surface area contributed by atoms with E-state index in [1.54, 1.807) is 18.0 Å². The van der Waals surface area contributed by atoms with E-state index >= 15 is 0 Å². The fourth-order valence-electron chi connectivity index (χ4n) is 2.94. The molecular formula is C17H16N4O3. The number of pyridine rings is 1. The second kappa shape index (κ2) is 6.01. The minimum atomic E-state index is -0.376. The number of nitrogens with zero attached hydrogens (tertiary/aromatic N) is 4. The van der Waals surface area contributed by atoms with Crippen molar-refractivity contribution in [3.63, 3.8) is 0 Å². The number of amides is 1. The van der Waals surface area contributed by atoms with Gasteiger partial charge in [-0.15, -0.1) is 0 Å². The average Bonchev–Trinajstić information content (AvgIpc) is 3.07. The first-order valence-corrected chi connectivity index (χ1v) is 7.77. The molecule has 1 saturated heterocycles. The standard InChI is InChI=1S/C17H16N4O3/c1-11-19-16(24-20-11)15-10-23-9-8-21(15)17(22)13-4-2-6-14-12(13)5-3-7-18-14/h2-7,15H,8-10H2,1H3. The highest BCUT2D eigenvalue weighted by Crippen LogP contribution is 2.27. The first-order valence-electron chi connectivity index (χ1n) is 7.77. The Bertz CT molecular complexity index is 887. The summed E-state index contributed by atoms with van der Waals surface area (Å²) in [7, 11) is 0. The number of rotatable bonds is 2. The Labute approximate surface area is 138 Å². The third-order valence-corrected chi connectivity index (χ3v) is 4.09. The highest BCUT2D eigenvalue weighted by molar-refractivity contribution is 6.06. The van der Waals surface area contributed by atoms with Crippen molar-refractivity contribution in [1.82, 2.24) is 20.0 Å². The van der Waals surface area contributed by atoms with Crippen molar-refractivity contribution >= 4 is 16.8 Å². The first-order chi connectivity index (χ1) is 11.7. The summed E-state index contributed by atoms with van der Waals surface area (Å²) in [5.74, 6) is 0.856. The van der Waals surface area contributed by atoms with Crippen LogP contribution in [0.1, 0.15) is 28.1 Å². The SMILES string of the molecule is Cc1noc(C2COCCN2C(=O)c2cccc3ncccc23)n1. The predicted molar refractivity (Wildman–Crippen MR) is 85.4 cm³/mol. The molecule has 7 heteroatoms. The summed E-state index contributed by atoms with van der Waals surface area (Å²) in [6, 6.07) is 8.91. The molecule has 7 nitrogen and oxygen atoms in total. The van der Waals surface area contributed by atoms with Gasteiger partial charge in [0.2, 0.25) is 0 Å². The van der Waals surface area contributed by atoms with E-state index < -0.39 is 0 Å². The van der Waals surface area contributed by atoms with E-state index in [0.717, 1.165) is 10.9 Å². The molecule has 0 N–H and O–H groups in total. The molecule has 3 heterocycles. The number of morpholine rings is 1. The van der Waals surface area contributed by atoms with Gasteiger partial charge in [0.05, 0.1) is 18.7 Å². The maximum atomic E-state index is 13.2. The molecule has 1 fully saturated rings. The molecular weight excluding hydrogens is 308 g/mol. The lowest BCUT2D eigenvalue weighted by Crippen LogP contribution is -2.43. The number of aromatic nitrogens is 3. The van der Waals surface area contributed by atoms with E-state index in [1.807, 2.05) is 30.3 Å². The molecule has 0 radical (unpaired) electrons. The van der Waals surface area contributed by atoms with Gasteiger partial charge >= 0.3 is 0 Å². The van der Waals surface area contributed by atoms with Crippen LogP contribution in [0.4, 0.5) is 0 Å². The van der Waals surface area contributed by atoms with Crippen molar-refractivity contribution in [3.05, 3.63) is 53.8 Å². The second-order valence-electron chi connectivity index (χ2n) is 5.64. The van der Waals surface area contributed by atoms with E-state index in [-0.39, 0.29) is 11.9 Å². The van der Waals surface area contributed by atoms with Crippen molar-refractivity contribution in [2.75, 3.05) is 19.8 Å². The highest BCUT2D eigenvalue weighted by atomic mass is 16.5. The summed E-state index contributed by atoms with van der Waals surface area (Å²) < 4.78 is 10.8. The van der Waals surface area contributed by atoms with E-state index in [0.29, 0.717) is 37.0 Å². The third kappa shape index (κ3) is 2.52. The lowest BCUT2D eigenvalue weighted by atomic mass is 10.1. The Morgan fingerprint density at radius 2 is 2.21 bits per heavy atom. The molecule has 1 amide bonds. The van der Waals surface area contributed by atoms with Crippen molar-refractivity contribution in [2.45, 2.75) is 13.0 Å². The summed E-state index contributed by atoms with van der Waals surface area (Å²) >= 11 is 0. The van der Waals surface area contributed by atoms with Gasteiger partial charge in [-0.05, 0) is 25.1 Å². The fraction of sp³-hybridized carbons (Fsp3) is 0.294. The number of fused-ring (bicyclic) bond motifs is 1. The van der Waals surface area contributed by atoms with Gasteiger partial charge in [-0.3, -0.25) is 9.78 Å². The van der Waals surface area contributed by atoms with Crippen molar-refractivity contribution in [3.8, 4) is 0 Å². The smallest absolute Gasteiger partial charge is 0.255 e. The van der Waals surface area contributed by atoms with Crippen molar-refractivity contribution in [1.29, 1.82) is 0 Å². The maximum absolute atomic E-state index is 13.2. The van der Waals surface area contributed by atoms with Crippen LogP contribution >= 0.6 is 0 Å². The molecule has 0 bridgehead atoms. The monoisotopic (exact) mass is 324 g/mol. The second-order valence-corrected chi connectivity index (χ2v) is 5.64. The van der Waals surface area contributed by atoms with Gasteiger partial charge in [-0.25, -0.2) is 0 Å². The van der Waals surface area contributed by atoms with E-state index in [1.165, 1.54) is 0 Å². The summed E-state index contributed by atoms with van der Waals surface area (Å²) in [5, 5.41) is 4.65. The van der Waals surface area contributed by atoms with Crippen LogP contribution in [-0.4, -0.2) is 45.7 Å². The number of benzene rings is 1. The molecule has 1 aromatic carbocycles. The summed E-state index contributed by atoms with van der Waals surface area (Å²) in [4.78, 5) is 23.5. The number of hydrogen-bond donors (Lipinski definition) is 0. The highest BCUT2D eigenvalue weighted by Gasteiger charge is 2.33.